The van der Waals surface area contributed by atoms with E-state index in [1.807, 2.05) is 18.5 Å². The topological polar surface area (TPSA) is 28.2 Å². The largest absolute Gasteiger partial charge is 0.372 e. The van der Waals surface area contributed by atoms with Crippen LogP contribution < -0.4 is 10.2 Å². The van der Waals surface area contributed by atoms with Gasteiger partial charge < -0.3 is 10.2 Å². The molecule has 0 spiro atoms. The molecule has 2 heterocycles. The van der Waals surface area contributed by atoms with Gasteiger partial charge in [-0.05, 0) is 41.4 Å². The predicted molar refractivity (Wildman–Crippen MR) is 70.8 cm³/mol. The maximum atomic E-state index is 4.08. The van der Waals surface area contributed by atoms with E-state index < -0.39 is 0 Å². The highest BCUT2D eigenvalue weighted by Crippen LogP contribution is 2.24. The number of likely N-dealkylation sites (N-methyl/N-ethyl adjacent to an activating group) is 1. The van der Waals surface area contributed by atoms with Crippen molar-refractivity contribution >= 4 is 21.6 Å². The summed E-state index contributed by atoms with van der Waals surface area (Å²) in [6.45, 7) is 2.22. The SMILES string of the molecule is CN(CC1CCCCN1)c1ccncc1Br. The standard InChI is InChI=1S/C12H18BrN3/c1-16(9-10-4-2-3-6-15-10)12-5-7-14-8-11(12)13/h5,7-8,10,15H,2-4,6,9H2,1H3. The Bertz CT molecular complexity index is 337. The second kappa shape index (κ2) is 5.64. The van der Waals surface area contributed by atoms with Crippen molar-refractivity contribution in [3.8, 4) is 0 Å². The van der Waals surface area contributed by atoms with Gasteiger partial charge in [-0.3, -0.25) is 4.98 Å². The van der Waals surface area contributed by atoms with Gasteiger partial charge in [-0.15, -0.1) is 0 Å². The fourth-order valence-electron chi connectivity index (χ4n) is 2.19. The van der Waals surface area contributed by atoms with Gasteiger partial charge in [0.2, 0.25) is 0 Å². The summed E-state index contributed by atoms with van der Waals surface area (Å²) in [5.41, 5.74) is 1.21. The molecule has 0 bridgehead atoms. The van der Waals surface area contributed by atoms with Gasteiger partial charge in [0.1, 0.15) is 0 Å². The lowest BCUT2D eigenvalue weighted by Crippen LogP contribution is -2.42. The van der Waals surface area contributed by atoms with E-state index >= 15 is 0 Å². The number of halogens is 1. The third-order valence-electron chi connectivity index (χ3n) is 3.07. The van der Waals surface area contributed by atoms with E-state index in [4.69, 9.17) is 0 Å². The molecule has 1 aliphatic heterocycles. The first kappa shape index (κ1) is 11.9. The quantitative estimate of drug-likeness (QED) is 0.924. The highest BCUT2D eigenvalue weighted by molar-refractivity contribution is 9.10. The van der Waals surface area contributed by atoms with Crippen molar-refractivity contribution in [2.45, 2.75) is 25.3 Å². The van der Waals surface area contributed by atoms with Crippen LogP contribution in [-0.4, -0.2) is 31.2 Å². The Kier molecular flexibility index (Phi) is 4.18. The molecule has 1 saturated heterocycles. The minimum Gasteiger partial charge on any atom is -0.372 e. The van der Waals surface area contributed by atoms with Crippen LogP contribution in [0.25, 0.3) is 0 Å². The van der Waals surface area contributed by atoms with Crippen molar-refractivity contribution in [2.24, 2.45) is 0 Å². The summed E-state index contributed by atoms with van der Waals surface area (Å²) in [7, 11) is 2.14. The molecule has 1 aromatic heterocycles. The fourth-order valence-corrected chi connectivity index (χ4v) is 2.74. The van der Waals surface area contributed by atoms with Crippen LogP contribution in [0.3, 0.4) is 0 Å². The molecule has 2 rings (SSSR count). The number of hydrogen-bond acceptors (Lipinski definition) is 3. The predicted octanol–water partition coefficient (Wildman–Crippen LogP) is 2.42. The lowest BCUT2D eigenvalue weighted by atomic mass is 10.0. The van der Waals surface area contributed by atoms with E-state index in [9.17, 15) is 0 Å². The molecule has 0 radical (unpaired) electrons. The second-order valence-electron chi connectivity index (χ2n) is 4.35. The van der Waals surface area contributed by atoms with Crippen LogP contribution in [0.2, 0.25) is 0 Å². The molecule has 88 valence electrons. The van der Waals surface area contributed by atoms with Crippen molar-refractivity contribution in [1.82, 2.24) is 10.3 Å². The number of hydrogen-bond donors (Lipinski definition) is 1. The molecule has 0 aliphatic carbocycles. The van der Waals surface area contributed by atoms with Crippen LogP contribution >= 0.6 is 15.9 Å². The number of piperidine rings is 1. The van der Waals surface area contributed by atoms with Crippen molar-refractivity contribution in [3.05, 3.63) is 22.9 Å². The molecule has 0 aromatic carbocycles. The summed E-state index contributed by atoms with van der Waals surface area (Å²) < 4.78 is 1.06. The zero-order chi connectivity index (χ0) is 11.4. The molecule has 1 aromatic rings. The van der Waals surface area contributed by atoms with Gasteiger partial charge in [0, 0.05) is 32.0 Å². The molecule has 0 saturated carbocycles. The first-order valence-corrected chi connectivity index (χ1v) is 6.60. The van der Waals surface area contributed by atoms with E-state index in [2.05, 4.69) is 38.2 Å². The van der Waals surface area contributed by atoms with E-state index in [0.29, 0.717) is 6.04 Å². The summed E-state index contributed by atoms with van der Waals surface area (Å²) in [4.78, 5) is 6.37. The Balaban J connectivity index is 1.96. The molecule has 4 heteroatoms. The number of rotatable bonds is 3. The Hall–Kier alpha value is -0.610. The fraction of sp³-hybridized carbons (Fsp3) is 0.583. The van der Waals surface area contributed by atoms with Crippen LogP contribution in [-0.2, 0) is 0 Å². The number of anilines is 1. The average molecular weight is 284 g/mol. The molecule has 16 heavy (non-hydrogen) atoms. The molecule has 1 fully saturated rings. The summed E-state index contributed by atoms with van der Waals surface area (Å²) in [6.07, 6.45) is 7.64. The lowest BCUT2D eigenvalue weighted by molar-refractivity contribution is 0.403. The van der Waals surface area contributed by atoms with Crippen molar-refractivity contribution in [3.63, 3.8) is 0 Å². The molecule has 0 amide bonds. The average Bonchev–Trinajstić information content (AvgIpc) is 2.31. The monoisotopic (exact) mass is 283 g/mol. The number of pyridine rings is 1. The zero-order valence-electron chi connectivity index (χ0n) is 9.62. The van der Waals surface area contributed by atoms with Gasteiger partial charge in [-0.1, -0.05) is 6.42 Å². The molecular formula is C12H18BrN3. The van der Waals surface area contributed by atoms with Gasteiger partial charge in [-0.25, -0.2) is 0 Å². The Morgan fingerprint density at radius 2 is 2.44 bits per heavy atom. The molecular weight excluding hydrogens is 266 g/mol. The van der Waals surface area contributed by atoms with Crippen LogP contribution in [0.1, 0.15) is 19.3 Å². The molecule has 3 nitrogen and oxygen atoms in total. The van der Waals surface area contributed by atoms with Gasteiger partial charge >= 0.3 is 0 Å². The first-order valence-electron chi connectivity index (χ1n) is 5.81. The first-order chi connectivity index (χ1) is 7.77. The summed E-state index contributed by atoms with van der Waals surface area (Å²) in [5, 5.41) is 3.57. The van der Waals surface area contributed by atoms with Crippen LogP contribution in [0.15, 0.2) is 22.9 Å². The normalized spacial score (nSPS) is 20.8. The van der Waals surface area contributed by atoms with E-state index in [1.54, 1.807) is 0 Å². The van der Waals surface area contributed by atoms with E-state index in [-0.39, 0.29) is 0 Å². The number of nitrogens with zero attached hydrogens (tertiary/aromatic N) is 2. The zero-order valence-corrected chi connectivity index (χ0v) is 11.2. The van der Waals surface area contributed by atoms with E-state index in [0.717, 1.165) is 17.6 Å². The second-order valence-corrected chi connectivity index (χ2v) is 5.21. The van der Waals surface area contributed by atoms with Crippen LogP contribution in [0.4, 0.5) is 5.69 Å². The molecule has 1 aliphatic rings. The maximum Gasteiger partial charge on any atom is 0.0592 e. The smallest absolute Gasteiger partial charge is 0.0592 e. The Labute approximate surface area is 105 Å². The Morgan fingerprint density at radius 3 is 3.12 bits per heavy atom. The van der Waals surface area contributed by atoms with Gasteiger partial charge in [0.15, 0.2) is 0 Å². The van der Waals surface area contributed by atoms with Crippen molar-refractivity contribution in [1.29, 1.82) is 0 Å². The summed E-state index contributed by atoms with van der Waals surface area (Å²) in [6, 6.07) is 2.67. The summed E-state index contributed by atoms with van der Waals surface area (Å²) in [5.74, 6) is 0. The minimum absolute atomic E-state index is 0.624. The molecule has 1 atom stereocenters. The third kappa shape index (κ3) is 2.95. The Morgan fingerprint density at radius 1 is 1.56 bits per heavy atom. The third-order valence-corrected chi connectivity index (χ3v) is 3.68. The van der Waals surface area contributed by atoms with Gasteiger partial charge in [0.25, 0.3) is 0 Å². The molecule has 1 N–H and O–H groups in total. The molecule has 1 unspecified atom stereocenters. The number of aromatic nitrogens is 1. The van der Waals surface area contributed by atoms with E-state index in [1.165, 1.54) is 24.9 Å². The van der Waals surface area contributed by atoms with Gasteiger partial charge in [0.05, 0.1) is 10.2 Å². The van der Waals surface area contributed by atoms with Crippen molar-refractivity contribution < 1.29 is 0 Å². The number of nitrogens with one attached hydrogen (secondary N) is 1. The lowest BCUT2D eigenvalue weighted by Gasteiger charge is -2.29. The summed E-state index contributed by atoms with van der Waals surface area (Å²) >= 11 is 3.54. The minimum atomic E-state index is 0.624. The van der Waals surface area contributed by atoms with Gasteiger partial charge in [-0.2, -0.15) is 0 Å². The maximum absolute atomic E-state index is 4.08. The highest BCUT2D eigenvalue weighted by Gasteiger charge is 2.15. The highest BCUT2D eigenvalue weighted by atomic mass is 79.9. The van der Waals surface area contributed by atoms with Crippen LogP contribution in [0.5, 0.6) is 0 Å². The van der Waals surface area contributed by atoms with Crippen LogP contribution in [0, 0.1) is 0 Å². The van der Waals surface area contributed by atoms with Crippen molar-refractivity contribution in [2.75, 3.05) is 25.0 Å².